The first-order valence-corrected chi connectivity index (χ1v) is 8.21. The standard InChI is InChI=1S/C13H12N4S2/c1-7-5-4-6-8-9(7)16-17-11-10(8)14-13(19-3)15-12(11)18-2/h4-6H,1-3H3. The predicted molar refractivity (Wildman–Crippen MR) is 80.9 cm³/mol. The molecule has 0 aliphatic rings. The average Bonchev–Trinajstić information content (AvgIpc) is 2.46. The van der Waals surface area contributed by atoms with E-state index in [4.69, 9.17) is 0 Å². The van der Waals surface area contributed by atoms with Gasteiger partial charge in [0.2, 0.25) is 0 Å². The maximum atomic E-state index is 4.61. The molecule has 0 N–H and O–H groups in total. The Bertz CT molecular complexity index is 773. The zero-order valence-corrected chi connectivity index (χ0v) is 12.5. The number of rotatable bonds is 2. The van der Waals surface area contributed by atoms with Gasteiger partial charge in [0.05, 0.1) is 5.52 Å². The molecule has 0 aliphatic carbocycles. The summed E-state index contributed by atoms with van der Waals surface area (Å²) in [6, 6.07) is 6.11. The molecule has 2 heterocycles. The lowest BCUT2D eigenvalue weighted by atomic mass is 10.1. The number of benzene rings is 1. The van der Waals surface area contributed by atoms with E-state index < -0.39 is 0 Å². The number of fused-ring (bicyclic) bond motifs is 3. The van der Waals surface area contributed by atoms with Gasteiger partial charge in [-0.1, -0.05) is 30.0 Å². The van der Waals surface area contributed by atoms with Gasteiger partial charge in [-0.2, -0.15) is 0 Å². The Hall–Kier alpha value is -1.40. The molecule has 96 valence electrons. The maximum absolute atomic E-state index is 4.61. The summed E-state index contributed by atoms with van der Waals surface area (Å²) < 4.78 is 0. The second-order valence-electron chi connectivity index (χ2n) is 4.09. The Morgan fingerprint density at radius 2 is 1.68 bits per heavy atom. The van der Waals surface area contributed by atoms with Crippen LogP contribution >= 0.6 is 23.5 Å². The number of aromatic nitrogens is 4. The van der Waals surface area contributed by atoms with E-state index in [1.807, 2.05) is 37.6 Å². The van der Waals surface area contributed by atoms with Crippen molar-refractivity contribution in [2.75, 3.05) is 12.5 Å². The molecule has 0 saturated heterocycles. The Balaban J connectivity index is 2.50. The van der Waals surface area contributed by atoms with Crippen LogP contribution < -0.4 is 0 Å². The molecule has 0 fully saturated rings. The molecular weight excluding hydrogens is 276 g/mol. The molecule has 6 heteroatoms. The number of nitrogens with zero attached hydrogens (tertiary/aromatic N) is 4. The van der Waals surface area contributed by atoms with Gasteiger partial charge >= 0.3 is 0 Å². The van der Waals surface area contributed by atoms with Crippen LogP contribution in [0.25, 0.3) is 21.9 Å². The van der Waals surface area contributed by atoms with Gasteiger partial charge in [-0.05, 0) is 25.0 Å². The zero-order chi connectivity index (χ0) is 13.4. The van der Waals surface area contributed by atoms with Gasteiger partial charge in [0.15, 0.2) is 5.16 Å². The number of hydrogen-bond acceptors (Lipinski definition) is 6. The molecule has 0 saturated carbocycles. The van der Waals surface area contributed by atoms with Crippen LogP contribution in [0.2, 0.25) is 0 Å². The third-order valence-electron chi connectivity index (χ3n) is 2.95. The van der Waals surface area contributed by atoms with Crippen LogP contribution in [-0.4, -0.2) is 32.7 Å². The highest BCUT2D eigenvalue weighted by atomic mass is 32.2. The number of aryl methyl sites for hydroxylation is 1. The summed E-state index contributed by atoms with van der Waals surface area (Å²) in [5, 5.41) is 11.3. The van der Waals surface area contributed by atoms with E-state index in [2.05, 4.69) is 20.2 Å². The quantitative estimate of drug-likeness (QED) is 0.312. The van der Waals surface area contributed by atoms with Gasteiger partial charge in [-0.25, -0.2) is 9.97 Å². The minimum Gasteiger partial charge on any atom is -0.220 e. The Morgan fingerprint density at radius 3 is 2.42 bits per heavy atom. The number of hydrogen-bond donors (Lipinski definition) is 0. The molecule has 0 unspecified atom stereocenters. The van der Waals surface area contributed by atoms with Crippen LogP contribution in [0, 0.1) is 6.92 Å². The fourth-order valence-corrected chi connectivity index (χ4v) is 2.94. The molecule has 0 radical (unpaired) electrons. The lowest BCUT2D eigenvalue weighted by molar-refractivity contribution is 0.916. The fourth-order valence-electron chi connectivity index (χ4n) is 2.01. The predicted octanol–water partition coefficient (Wildman–Crippen LogP) is 3.33. The van der Waals surface area contributed by atoms with Crippen molar-refractivity contribution in [3.63, 3.8) is 0 Å². The van der Waals surface area contributed by atoms with Gasteiger partial charge in [0, 0.05) is 5.39 Å². The van der Waals surface area contributed by atoms with Crippen LogP contribution in [0.15, 0.2) is 28.4 Å². The van der Waals surface area contributed by atoms with E-state index in [-0.39, 0.29) is 0 Å². The van der Waals surface area contributed by atoms with Crippen LogP contribution in [0.4, 0.5) is 0 Å². The Labute approximate surface area is 119 Å². The minimum atomic E-state index is 0.771. The van der Waals surface area contributed by atoms with Crippen molar-refractivity contribution in [2.45, 2.75) is 17.1 Å². The van der Waals surface area contributed by atoms with E-state index in [1.54, 1.807) is 23.5 Å². The first-order chi connectivity index (χ1) is 9.24. The van der Waals surface area contributed by atoms with Crippen molar-refractivity contribution in [3.05, 3.63) is 23.8 Å². The summed E-state index contributed by atoms with van der Waals surface area (Å²) in [7, 11) is 0. The van der Waals surface area contributed by atoms with Crippen molar-refractivity contribution in [1.82, 2.24) is 20.2 Å². The van der Waals surface area contributed by atoms with Crippen molar-refractivity contribution in [3.8, 4) is 0 Å². The summed E-state index contributed by atoms with van der Waals surface area (Å²) in [5.41, 5.74) is 3.69. The first kappa shape index (κ1) is 12.6. The van der Waals surface area contributed by atoms with Gasteiger partial charge in [-0.3, -0.25) is 0 Å². The minimum absolute atomic E-state index is 0.771. The van der Waals surface area contributed by atoms with E-state index in [0.717, 1.165) is 37.7 Å². The molecule has 0 atom stereocenters. The largest absolute Gasteiger partial charge is 0.220 e. The van der Waals surface area contributed by atoms with Crippen LogP contribution in [-0.2, 0) is 0 Å². The highest BCUT2D eigenvalue weighted by Gasteiger charge is 2.12. The molecule has 0 spiro atoms. The lowest BCUT2D eigenvalue weighted by Crippen LogP contribution is -1.97. The molecule has 19 heavy (non-hydrogen) atoms. The van der Waals surface area contributed by atoms with Crippen molar-refractivity contribution < 1.29 is 0 Å². The van der Waals surface area contributed by atoms with Gasteiger partial charge in [-0.15, -0.1) is 22.0 Å². The summed E-state index contributed by atoms with van der Waals surface area (Å²) in [4.78, 5) is 9.09. The van der Waals surface area contributed by atoms with Crippen LogP contribution in [0.3, 0.4) is 0 Å². The maximum Gasteiger partial charge on any atom is 0.189 e. The van der Waals surface area contributed by atoms with E-state index in [0.29, 0.717) is 0 Å². The number of thioether (sulfide) groups is 2. The first-order valence-electron chi connectivity index (χ1n) is 5.76. The summed E-state index contributed by atoms with van der Waals surface area (Å²) in [6.07, 6.45) is 3.97. The molecule has 3 aromatic rings. The van der Waals surface area contributed by atoms with E-state index >= 15 is 0 Å². The summed E-state index contributed by atoms with van der Waals surface area (Å²) >= 11 is 3.12. The van der Waals surface area contributed by atoms with Gasteiger partial charge in [0.1, 0.15) is 16.1 Å². The molecule has 4 nitrogen and oxygen atoms in total. The van der Waals surface area contributed by atoms with E-state index in [9.17, 15) is 0 Å². The highest BCUT2D eigenvalue weighted by Crippen LogP contribution is 2.29. The SMILES string of the molecule is CSc1nc(SC)c2nnc3c(C)cccc3c2n1. The normalized spacial score (nSPS) is 11.3. The van der Waals surface area contributed by atoms with Crippen LogP contribution in [0.5, 0.6) is 0 Å². The smallest absolute Gasteiger partial charge is 0.189 e. The lowest BCUT2D eigenvalue weighted by Gasteiger charge is -2.07. The second kappa shape index (κ2) is 4.94. The Kier molecular flexibility index (Phi) is 3.28. The highest BCUT2D eigenvalue weighted by molar-refractivity contribution is 7.99. The fraction of sp³-hybridized carbons (Fsp3) is 0.231. The molecule has 0 amide bonds. The van der Waals surface area contributed by atoms with Crippen molar-refractivity contribution >= 4 is 45.5 Å². The zero-order valence-electron chi connectivity index (χ0n) is 10.8. The topological polar surface area (TPSA) is 51.6 Å². The third kappa shape index (κ3) is 2.04. The van der Waals surface area contributed by atoms with E-state index in [1.165, 1.54) is 0 Å². The molecular formula is C13H12N4S2. The molecule has 3 rings (SSSR count). The van der Waals surface area contributed by atoms with Crippen molar-refractivity contribution in [1.29, 1.82) is 0 Å². The molecule has 1 aromatic carbocycles. The molecule has 2 aromatic heterocycles. The van der Waals surface area contributed by atoms with Crippen molar-refractivity contribution in [2.24, 2.45) is 0 Å². The summed E-state index contributed by atoms with van der Waals surface area (Å²) in [6.45, 7) is 2.04. The second-order valence-corrected chi connectivity index (χ2v) is 5.66. The van der Waals surface area contributed by atoms with Gasteiger partial charge < -0.3 is 0 Å². The van der Waals surface area contributed by atoms with Crippen LogP contribution in [0.1, 0.15) is 5.56 Å². The molecule has 0 aliphatic heterocycles. The molecule has 0 bridgehead atoms. The third-order valence-corrected chi connectivity index (χ3v) is 4.17. The average molecular weight is 288 g/mol. The summed E-state index contributed by atoms with van der Waals surface area (Å²) in [5.74, 6) is 0. The Morgan fingerprint density at radius 1 is 0.895 bits per heavy atom. The van der Waals surface area contributed by atoms with Gasteiger partial charge in [0.25, 0.3) is 0 Å². The monoisotopic (exact) mass is 288 g/mol.